The Bertz CT molecular complexity index is 775. The molecule has 0 radical (unpaired) electrons. The molecule has 2 aromatic carbocycles. The van der Waals surface area contributed by atoms with Crippen molar-refractivity contribution < 1.29 is 24.0 Å². The van der Waals surface area contributed by atoms with Crippen LogP contribution in [0.25, 0.3) is 0 Å². The van der Waals surface area contributed by atoms with Crippen molar-refractivity contribution >= 4 is 29.4 Å². The van der Waals surface area contributed by atoms with Gasteiger partial charge in [-0.25, -0.2) is 4.79 Å². The second kappa shape index (κ2) is 8.84. The average Bonchev–Trinajstić information content (AvgIpc) is 2.64. The zero-order chi connectivity index (χ0) is 18.2. The van der Waals surface area contributed by atoms with Gasteiger partial charge in [0, 0.05) is 6.07 Å². The number of rotatable bonds is 7. The van der Waals surface area contributed by atoms with Crippen LogP contribution in [0.15, 0.2) is 53.4 Å². The first-order chi connectivity index (χ1) is 12.0. The lowest BCUT2D eigenvalue weighted by Crippen LogP contribution is -2.08. The number of benzene rings is 2. The Hall–Kier alpha value is -2.87. The topological polar surface area (TPSA) is 95.7 Å². The Kier molecular flexibility index (Phi) is 6.53. The smallest absolute Gasteiger partial charge is 0.337 e. The molecule has 0 aliphatic heterocycles. The molecule has 2 rings (SSSR count). The molecule has 0 amide bonds. The summed E-state index contributed by atoms with van der Waals surface area (Å²) in [5, 5.41) is 10.9. The van der Waals surface area contributed by atoms with Crippen LogP contribution in [0.4, 0.5) is 5.69 Å². The van der Waals surface area contributed by atoms with E-state index in [1.165, 1.54) is 13.2 Å². The summed E-state index contributed by atoms with van der Waals surface area (Å²) in [5.41, 5.74) is 1.08. The minimum absolute atomic E-state index is 0.0366. The van der Waals surface area contributed by atoms with Gasteiger partial charge in [-0.05, 0) is 23.8 Å². The van der Waals surface area contributed by atoms with Gasteiger partial charge in [-0.15, -0.1) is 11.8 Å². The van der Waals surface area contributed by atoms with Gasteiger partial charge in [0.2, 0.25) is 0 Å². The first kappa shape index (κ1) is 18.5. The Morgan fingerprint density at radius 2 is 1.80 bits per heavy atom. The zero-order valence-corrected chi connectivity index (χ0v) is 14.2. The predicted molar refractivity (Wildman–Crippen MR) is 91.4 cm³/mol. The molecule has 0 fully saturated rings. The van der Waals surface area contributed by atoms with E-state index in [2.05, 4.69) is 4.74 Å². The van der Waals surface area contributed by atoms with E-state index in [9.17, 15) is 19.7 Å². The van der Waals surface area contributed by atoms with Gasteiger partial charge in [0.1, 0.15) is 6.61 Å². The maximum absolute atomic E-state index is 11.8. The highest BCUT2D eigenvalue weighted by molar-refractivity contribution is 8.00. The molecule has 0 aromatic heterocycles. The van der Waals surface area contributed by atoms with Gasteiger partial charge in [-0.3, -0.25) is 14.9 Å². The van der Waals surface area contributed by atoms with Crippen molar-refractivity contribution in [2.24, 2.45) is 0 Å². The number of para-hydroxylation sites is 1. The standard InChI is InChI=1S/C17H15NO6S/c1-23-17(20)13-8-6-12(7-9-13)10-24-16(19)11-25-15-5-3-2-4-14(15)18(21)22/h2-9H,10-11H2,1H3. The monoisotopic (exact) mass is 361 g/mol. The largest absolute Gasteiger partial charge is 0.465 e. The molecule has 2 aromatic rings. The molecule has 7 nitrogen and oxygen atoms in total. The zero-order valence-electron chi connectivity index (χ0n) is 13.3. The molecule has 8 heteroatoms. The Morgan fingerprint density at radius 3 is 2.44 bits per heavy atom. The third kappa shape index (κ3) is 5.32. The number of carbonyl (C=O) groups is 2. The maximum Gasteiger partial charge on any atom is 0.337 e. The van der Waals surface area contributed by atoms with Crippen molar-refractivity contribution in [1.29, 1.82) is 0 Å². The van der Waals surface area contributed by atoms with Gasteiger partial charge in [-0.2, -0.15) is 0 Å². The molecule has 0 aliphatic carbocycles. The van der Waals surface area contributed by atoms with Crippen molar-refractivity contribution in [3.63, 3.8) is 0 Å². The first-order valence-corrected chi connectivity index (χ1v) is 8.19. The van der Waals surface area contributed by atoms with Gasteiger partial charge in [0.05, 0.1) is 28.2 Å². The van der Waals surface area contributed by atoms with Crippen molar-refractivity contribution in [2.45, 2.75) is 11.5 Å². The van der Waals surface area contributed by atoms with Crippen LogP contribution in [0.2, 0.25) is 0 Å². The summed E-state index contributed by atoms with van der Waals surface area (Å²) in [6, 6.07) is 12.7. The van der Waals surface area contributed by atoms with E-state index in [0.29, 0.717) is 10.5 Å². The van der Waals surface area contributed by atoms with Crippen LogP contribution in [-0.2, 0) is 20.9 Å². The second-order valence-corrected chi connectivity index (χ2v) is 5.88. The van der Waals surface area contributed by atoms with Crippen molar-refractivity contribution in [3.05, 3.63) is 69.8 Å². The van der Waals surface area contributed by atoms with Crippen LogP contribution < -0.4 is 0 Å². The first-order valence-electron chi connectivity index (χ1n) is 7.20. The number of ether oxygens (including phenoxy) is 2. The predicted octanol–water partition coefficient (Wildman–Crippen LogP) is 3.22. The van der Waals surface area contributed by atoms with Crippen molar-refractivity contribution in [1.82, 2.24) is 0 Å². The van der Waals surface area contributed by atoms with E-state index in [1.54, 1.807) is 42.5 Å². The number of esters is 2. The molecule has 0 bridgehead atoms. The van der Waals surface area contributed by atoms with Gasteiger partial charge in [0.15, 0.2) is 0 Å². The highest BCUT2D eigenvalue weighted by atomic mass is 32.2. The van der Waals surface area contributed by atoms with Crippen LogP contribution in [0, 0.1) is 10.1 Å². The summed E-state index contributed by atoms with van der Waals surface area (Å²) in [6.07, 6.45) is 0. The third-order valence-corrected chi connectivity index (χ3v) is 4.22. The molecule has 0 spiro atoms. The molecule has 0 N–H and O–H groups in total. The number of nitro benzene ring substituents is 1. The SMILES string of the molecule is COC(=O)c1ccc(COC(=O)CSc2ccccc2[N+](=O)[O-])cc1. The number of methoxy groups -OCH3 is 1. The number of carbonyl (C=O) groups excluding carboxylic acids is 2. The lowest BCUT2D eigenvalue weighted by molar-refractivity contribution is -0.387. The molecule has 130 valence electrons. The van der Waals surface area contributed by atoms with E-state index >= 15 is 0 Å². The normalized spacial score (nSPS) is 10.1. The summed E-state index contributed by atoms with van der Waals surface area (Å²) >= 11 is 1.05. The number of nitrogens with zero attached hydrogens (tertiary/aromatic N) is 1. The summed E-state index contributed by atoms with van der Waals surface area (Å²) in [4.78, 5) is 34.0. The quantitative estimate of drug-likeness (QED) is 0.323. The van der Waals surface area contributed by atoms with Crippen LogP contribution in [0.3, 0.4) is 0 Å². The minimum atomic E-state index is -0.490. The number of nitro groups is 1. The Balaban J connectivity index is 1.85. The molecule has 25 heavy (non-hydrogen) atoms. The molecule has 0 heterocycles. The van der Waals surface area contributed by atoms with E-state index in [4.69, 9.17) is 4.74 Å². The van der Waals surface area contributed by atoms with Gasteiger partial charge < -0.3 is 9.47 Å². The highest BCUT2D eigenvalue weighted by Crippen LogP contribution is 2.28. The van der Waals surface area contributed by atoms with E-state index in [1.807, 2.05) is 0 Å². The average molecular weight is 361 g/mol. The van der Waals surface area contributed by atoms with Gasteiger partial charge in [0.25, 0.3) is 5.69 Å². The molecular formula is C17H15NO6S. The number of hydrogen-bond acceptors (Lipinski definition) is 7. The fourth-order valence-corrected chi connectivity index (χ4v) is 2.75. The van der Waals surface area contributed by atoms with Crippen LogP contribution in [0.1, 0.15) is 15.9 Å². The fourth-order valence-electron chi connectivity index (χ4n) is 1.93. The molecule has 0 aliphatic rings. The summed E-state index contributed by atoms with van der Waals surface area (Å²) < 4.78 is 9.73. The number of thioether (sulfide) groups is 1. The Morgan fingerprint density at radius 1 is 1.12 bits per heavy atom. The molecule has 0 saturated carbocycles. The lowest BCUT2D eigenvalue weighted by Gasteiger charge is -2.06. The highest BCUT2D eigenvalue weighted by Gasteiger charge is 2.15. The summed E-state index contributed by atoms with van der Waals surface area (Å²) in [7, 11) is 1.30. The fraction of sp³-hybridized carbons (Fsp3) is 0.176. The minimum Gasteiger partial charge on any atom is -0.465 e. The maximum atomic E-state index is 11.8. The summed E-state index contributed by atoms with van der Waals surface area (Å²) in [6.45, 7) is 0.0533. The van der Waals surface area contributed by atoms with Crippen LogP contribution in [-0.4, -0.2) is 29.7 Å². The van der Waals surface area contributed by atoms with Gasteiger partial charge in [-0.1, -0.05) is 24.3 Å². The van der Waals surface area contributed by atoms with E-state index in [0.717, 1.165) is 17.3 Å². The second-order valence-electron chi connectivity index (χ2n) is 4.86. The van der Waals surface area contributed by atoms with E-state index < -0.39 is 16.9 Å². The number of hydrogen-bond donors (Lipinski definition) is 0. The Labute approximate surface area is 148 Å². The lowest BCUT2D eigenvalue weighted by atomic mass is 10.1. The van der Waals surface area contributed by atoms with E-state index in [-0.39, 0.29) is 18.0 Å². The van der Waals surface area contributed by atoms with Crippen molar-refractivity contribution in [3.8, 4) is 0 Å². The third-order valence-electron chi connectivity index (χ3n) is 3.18. The van der Waals surface area contributed by atoms with Crippen LogP contribution in [0.5, 0.6) is 0 Å². The van der Waals surface area contributed by atoms with Gasteiger partial charge >= 0.3 is 11.9 Å². The van der Waals surface area contributed by atoms with Crippen molar-refractivity contribution in [2.75, 3.05) is 12.9 Å². The molecule has 0 saturated heterocycles. The molecule has 0 unspecified atom stereocenters. The molecular weight excluding hydrogens is 346 g/mol. The molecule has 0 atom stereocenters. The summed E-state index contributed by atoms with van der Waals surface area (Å²) in [5.74, 6) is -0.963. The van der Waals surface area contributed by atoms with Crippen LogP contribution >= 0.6 is 11.8 Å².